The van der Waals surface area contributed by atoms with Crippen molar-refractivity contribution in [1.29, 1.82) is 0 Å². The summed E-state index contributed by atoms with van der Waals surface area (Å²) in [6.07, 6.45) is -3.49. The zero-order valence-electron chi connectivity index (χ0n) is 9.28. The molecule has 7 heteroatoms. The number of alkyl halides is 5. The van der Waals surface area contributed by atoms with Crippen LogP contribution in [0, 0.1) is 5.92 Å². The lowest BCUT2D eigenvalue weighted by molar-refractivity contribution is -0.270. The maximum absolute atomic E-state index is 12.6. The van der Waals surface area contributed by atoms with Crippen LogP contribution in [0.2, 0.25) is 0 Å². The van der Waals surface area contributed by atoms with Crippen molar-refractivity contribution in [2.75, 3.05) is 0 Å². The molecule has 2 nitrogen and oxygen atoms in total. The minimum Gasteiger partial charge on any atom is -0.348 e. The van der Waals surface area contributed by atoms with Crippen LogP contribution in [0.3, 0.4) is 0 Å². The first-order valence-electron chi connectivity index (χ1n) is 5.40. The summed E-state index contributed by atoms with van der Waals surface area (Å²) in [5.41, 5.74) is 0. The van der Waals surface area contributed by atoms with Gasteiger partial charge in [0.2, 0.25) is 0 Å². The molecule has 1 amide bonds. The van der Waals surface area contributed by atoms with Crippen LogP contribution in [0.1, 0.15) is 32.6 Å². The van der Waals surface area contributed by atoms with E-state index in [0.29, 0.717) is 18.8 Å². The molecule has 1 N–H and O–H groups in total. The molecular weight excluding hydrogens is 245 g/mol. The number of hydrogen-bond acceptors (Lipinski definition) is 1. The Morgan fingerprint density at radius 3 is 1.94 bits per heavy atom. The normalized spacial score (nSPS) is 26.7. The molecule has 0 aromatic carbocycles. The molecule has 0 aromatic heterocycles. The van der Waals surface area contributed by atoms with Gasteiger partial charge < -0.3 is 5.32 Å². The van der Waals surface area contributed by atoms with Gasteiger partial charge in [-0.1, -0.05) is 6.92 Å². The van der Waals surface area contributed by atoms with Gasteiger partial charge in [-0.2, -0.15) is 22.0 Å². The lowest BCUT2D eigenvalue weighted by atomic mass is 9.87. The second kappa shape index (κ2) is 4.78. The number of amides is 1. The van der Waals surface area contributed by atoms with Gasteiger partial charge in [0.25, 0.3) is 0 Å². The molecule has 17 heavy (non-hydrogen) atoms. The van der Waals surface area contributed by atoms with Gasteiger partial charge in [-0.25, -0.2) is 0 Å². The van der Waals surface area contributed by atoms with Gasteiger partial charge in [-0.05, 0) is 31.6 Å². The summed E-state index contributed by atoms with van der Waals surface area (Å²) in [6.45, 7) is 1.97. The minimum absolute atomic E-state index is 0.422. The second-order valence-electron chi connectivity index (χ2n) is 4.50. The van der Waals surface area contributed by atoms with Gasteiger partial charge in [0.05, 0.1) is 0 Å². The third-order valence-electron chi connectivity index (χ3n) is 2.99. The van der Waals surface area contributed by atoms with Gasteiger partial charge in [0.15, 0.2) is 0 Å². The number of rotatable bonds is 2. The van der Waals surface area contributed by atoms with Crippen molar-refractivity contribution in [2.24, 2.45) is 5.92 Å². The first-order chi connectivity index (χ1) is 7.64. The van der Waals surface area contributed by atoms with Crippen LogP contribution in [-0.2, 0) is 4.79 Å². The summed E-state index contributed by atoms with van der Waals surface area (Å²) in [6, 6.07) is -0.577. The average Bonchev–Trinajstić information content (AvgIpc) is 2.19. The molecule has 0 bridgehead atoms. The highest BCUT2D eigenvalue weighted by atomic mass is 19.4. The molecule has 0 atom stereocenters. The molecule has 0 spiro atoms. The molecule has 0 radical (unpaired) electrons. The first kappa shape index (κ1) is 14.2. The molecule has 1 rings (SSSR count). The monoisotopic (exact) mass is 259 g/mol. The standard InChI is InChI=1S/C10H14F5NO/c1-6-2-4-7(5-3-6)16-8(17)9(11,12)10(13,14)15/h6-7H,2-5H2,1H3,(H,16,17). The molecule has 1 aliphatic rings. The number of halogens is 5. The Labute approximate surface area is 95.6 Å². The zero-order chi connectivity index (χ0) is 13.3. The fourth-order valence-corrected chi connectivity index (χ4v) is 1.81. The van der Waals surface area contributed by atoms with E-state index in [1.807, 2.05) is 6.92 Å². The summed E-state index contributed by atoms with van der Waals surface area (Å²) >= 11 is 0. The van der Waals surface area contributed by atoms with Gasteiger partial charge >= 0.3 is 18.0 Å². The van der Waals surface area contributed by atoms with Crippen LogP contribution in [0.4, 0.5) is 22.0 Å². The van der Waals surface area contributed by atoms with E-state index in [-0.39, 0.29) is 0 Å². The van der Waals surface area contributed by atoms with E-state index >= 15 is 0 Å². The van der Waals surface area contributed by atoms with Gasteiger partial charge in [0, 0.05) is 6.04 Å². The summed E-state index contributed by atoms with van der Waals surface area (Å²) in [5, 5.41) is 1.78. The van der Waals surface area contributed by atoms with Crippen LogP contribution in [0.15, 0.2) is 0 Å². The van der Waals surface area contributed by atoms with E-state index in [1.54, 1.807) is 5.32 Å². The maximum Gasteiger partial charge on any atom is 0.463 e. The van der Waals surface area contributed by atoms with Crippen molar-refractivity contribution in [3.05, 3.63) is 0 Å². The van der Waals surface area contributed by atoms with E-state index in [4.69, 9.17) is 0 Å². The van der Waals surface area contributed by atoms with Crippen molar-refractivity contribution in [3.63, 3.8) is 0 Å². The Balaban J connectivity index is 2.55. The van der Waals surface area contributed by atoms with Crippen LogP contribution in [-0.4, -0.2) is 24.0 Å². The number of carbonyl (C=O) groups excluding carboxylic acids is 1. The number of hydrogen-bond donors (Lipinski definition) is 1. The van der Waals surface area contributed by atoms with E-state index in [9.17, 15) is 26.7 Å². The zero-order valence-corrected chi connectivity index (χ0v) is 9.28. The third kappa shape index (κ3) is 3.29. The Kier molecular flexibility index (Phi) is 3.99. The molecule has 100 valence electrons. The van der Waals surface area contributed by atoms with Crippen molar-refractivity contribution in [1.82, 2.24) is 5.32 Å². The molecule has 0 aliphatic heterocycles. The van der Waals surface area contributed by atoms with Crippen LogP contribution < -0.4 is 5.32 Å². The quantitative estimate of drug-likeness (QED) is 0.759. The highest BCUT2D eigenvalue weighted by Gasteiger charge is 2.63. The Bertz CT molecular complexity index is 281. The van der Waals surface area contributed by atoms with Crippen molar-refractivity contribution >= 4 is 5.91 Å². The Hall–Kier alpha value is -0.880. The van der Waals surface area contributed by atoms with Gasteiger partial charge in [-0.3, -0.25) is 4.79 Å². The predicted octanol–water partition coefficient (Wildman–Crippen LogP) is 2.88. The summed E-state index contributed by atoms with van der Waals surface area (Å²) in [4.78, 5) is 10.9. The third-order valence-corrected chi connectivity index (χ3v) is 2.99. The number of carbonyl (C=O) groups is 1. The maximum atomic E-state index is 12.6. The fourth-order valence-electron chi connectivity index (χ4n) is 1.81. The largest absolute Gasteiger partial charge is 0.463 e. The van der Waals surface area contributed by atoms with Crippen LogP contribution in [0.5, 0.6) is 0 Å². The molecule has 1 aliphatic carbocycles. The van der Waals surface area contributed by atoms with E-state index < -0.39 is 24.0 Å². The molecule has 0 saturated heterocycles. The highest BCUT2D eigenvalue weighted by molar-refractivity contribution is 5.84. The molecule has 0 aromatic rings. The Morgan fingerprint density at radius 2 is 1.53 bits per heavy atom. The summed E-state index contributed by atoms with van der Waals surface area (Å²) < 4.78 is 60.9. The lowest BCUT2D eigenvalue weighted by Crippen LogP contribution is -2.53. The predicted molar refractivity (Wildman–Crippen MR) is 50.6 cm³/mol. The smallest absolute Gasteiger partial charge is 0.348 e. The molecular formula is C10H14F5NO. The van der Waals surface area contributed by atoms with Crippen LogP contribution in [0.25, 0.3) is 0 Å². The molecule has 0 unspecified atom stereocenters. The van der Waals surface area contributed by atoms with Gasteiger partial charge in [-0.15, -0.1) is 0 Å². The van der Waals surface area contributed by atoms with Crippen molar-refractivity contribution in [2.45, 2.75) is 50.7 Å². The molecule has 0 heterocycles. The van der Waals surface area contributed by atoms with E-state index in [1.165, 1.54) is 0 Å². The first-order valence-corrected chi connectivity index (χ1v) is 5.40. The highest BCUT2D eigenvalue weighted by Crippen LogP contribution is 2.36. The van der Waals surface area contributed by atoms with E-state index in [0.717, 1.165) is 12.8 Å². The molecule has 1 fully saturated rings. The minimum atomic E-state index is -5.83. The molecule has 1 saturated carbocycles. The van der Waals surface area contributed by atoms with Crippen molar-refractivity contribution < 1.29 is 26.7 Å². The second-order valence-corrected chi connectivity index (χ2v) is 4.50. The van der Waals surface area contributed by atoms with Crippen molar-refractivity contribution in [3.8, 4) is 0 Å². The summed E-state index contributed by atoms with van der Waals surface area (Å²) in [7, 11) is 0. The summed E-state index contributed by atoms with van der Waals surface area (Å²) in [5.74, 6) is -7.13. The number of nitrogens with one attached hydrogen (secondary N) is 1. The fraction of sp³-hybridized carbons (Fsp3) is 0.900. The van der Waals surface area contributed by atoms with E-state index in [2.05, 4.69) is 0 Å². The SMILES string of the molecule is CC1CCC(NC(=O)C(F)(F)C(F)(F)F)CC1. The Morgan fingerprint density at radius 1 is 1.06 bits per heavy atom. The van der Waals surface area contributed by atoms with Gasteiger partial charge in [0.1, 0.15) is 0 Å². The topological polar surface area (TPSA) is 29.1 Å². The average molecular weight is 259 g/mol. The lowest BCUT2D eigenvalue weighted by Gasteiger charge is -2.28. The van der Waals surface area contributed by atoms with Crippen LogP contribution >= 0.6 is 0 Å².